The summed E-state index contributed by atoms with van der Waals surface area (Å²) < 4.78 is 0. The molecule has 0 aromatic rings. The number of aldehydes is 1. The molecular formula is C21H30OS. The van der Waals surface area contributed by atoms with Crippen molar-refractivity contribution in [2.75, 3.05) is 6.26 Å². The first-order chi connectivity index (χ1) is 10.8. The molecule has 0 unspecified atom stereocenters. The first-order valence-electron chi connectivity index (χ1n) is 8.25. The van der Waals surface area contributed by atoms with E-state index >= 15 is 0 Å². The Morgan fingerprint density at radius 3 is 2.43 bits per heavy atom. The lowest BCUT2D eigenvalue weighted by Gasteiger charge is -2.33. The lowest BCUT2D eigenvalue weighted by atomic mass is 9.72. The van der Waals surface area contributed by atoms with Gasteiger partial charge in [0.25, 0.3) is 0 Å². The summed E-state index contributed by atoms with van der Waals surface area (Å²) in [6.45, 7) is 11.0. The van der Waals surface area contributed by atoms with Crippen LogP contribution in [0.5, 0.6) is 0 Å². The van der Waals surface area contributed by atoms with Crippen molar-refractivity contribution in [3.05, 3.63) is 57.6 Å². The zero-order valence-electron chi connectivity index (χ0n) is 15.4. The fourth-order valence-corrected chi connectivity index (χ4v) is 3.63. The Kier molecular flexibility index (Phi) is 7.84. The summed E-state index contributed by atoms with van der Waals surface area (Å²) in [4.78, 5) is 11.7. The molecule has 0 saturated heterocycles. The predicted octanol–water partition coefficient (Wildman–Crippen LogP) is 6.41. The summed E-state index contributed by atoms with van der Waals surface area (Å²) in [5.74, 6) is 0. The summed E-state index contributed by atoms with van der Waals surface area (Å²) in [5.41, 5.74) is 5.52. The van der Waals surface area contributed by atoms with Gasteiger partial charge in [0.1, 0.15) is 6.29 Å². The normalized spacial score (nSPS) is 20.3. The average Bonchev–Trinajstić information content (AvgIpc) is 2.47. The van der Waals surface area contributed by atoms with Gasteiger partial charge in [0.05, 0.1) is 0 Å². The molecule has 126 valence electrons. The molecule has 1 aliphatic carbocycles. The Balaban J connectivity index is 3.04. The van der Waals surface area contributed by atoms with Crippen molar-refractivity contribution in [3.63, 3.8) is 0 Å². The quantitative estimate of drug-likeness (QED) is 0.318. The smallest absolute Gasteiger partial charge is 0.143 e. The van der Waals surface area contributed by atoms with E-state index in [-0.39, 0.29) is 5.41 Å². The van der Waals surface area contributed by atoms with Crippen molar-refractivity contribution in [1.82, 2.24) is 0 Å². The van der Waals surface area contributed by atoms with E-state index in [0.717, 1.165) is 11.9 Å². The van der Waals surface area contributed by atoms with E-state index in [0.29, 0.717) is 0 Å². The van der Waals surface area contributed by atoms with E-state index < -0.39 is 0 Å². The maximum absolute atomic E-state index is 10.5. The molecule has 1 nitrogen and oxygen atoms in total. The lowest BCUT2D eigenvalue weighted by Crippen LogP contribution is -2.19. The number of hydrogen-bond acceptors (Lipinski definition) is 2. The zero-order valence-corrected chi connectivity index (χ0v) is 16.2. The zero-order chi connectivity index (χ0) is 17.5. The summed E-state index contributed by atoms with van der Waals surface area (Å²) in [6.07, 6.45) is 16.9. The van der Waals surface area contributed by atoms with Gasteiger partial charge >= 0.3 is 0 Å². The van der Waals surface area contributed by atoms with Crippen LogP contribution in [-0.4, -0.2) is 12.5 Å². The third-order valence-electron chi connectivity index (χ3n) is 4.48. The van der Waals surface area contributed by atoms with Gasteiger partial charge in [-0.3, -0.25) is 4.79 Å². The molecule has 0 bridgehead atoms. The molecule has 0 aromatic carbocycles. The van der Waals surface area contributed by atoms with Crippen molar-refractivity contribution in [2.24, 2.45) is 5.41 Å². The molecule has 2 heteroatoms. The topological polar surface area (TPSA) is 17.1 Å². The van der Waals surface area contributed by atoms with Crippen LogP contribution >= 0.6 is 11.8 Å². The van der Waals surface area contributed by atoms with Gasteiger partial charge in [-0.1, -0.05) is 37.6 Å². The van der Waals surface area contributed by atoms with Crippen molar-refractivity contribution >= 4 is 18.0 Å². The highest BCUT2D eigenvalue weighted by atomic mass is 32.2. The highest BCUT2D eigenvalue weighted by Gasteiger charge is 2.26. The Morgan fingerprint density at radius 1 is 1.17 bits per heavy atom. The molecule has 0 heterocycles. The monoisotopic (exact) mass is 330 g/mol. The third-order valence-corrected chi connectivity index (χ3v) is 5.38. The third kappa shape index (κ3) is 6.02. The molecular weight excluding hydrogens is 300 g/mol. The van der Waals surface area contributed by atoms with Gasteiger partial charge in [0, 0.05) is 4.91 Å². The summed E-state index contributed by atoms with van der Waals surface area (Å²) >= 11 is 1.74. The molecule has 0 saturated carbocycles. The van der Waals surface area contributed by atoms with Gasteiger partial charge in [-0.05, 0) is 80.6 Å². The highest BCUT2D eigenvalue weighted by Crippen LogP contribution is 2.40. The van der Waals surface area contributed by atoms with Crippen molar-refractivity contribution < 1.29 is 4.79 Å². The molecule has 0 amide bonds. The average molecular weight is 331 g/mol. The van der Waals surface area contributed by atoms with Crippen molar-refractivity contribution in [3.8, 4) is 0 Å². The molecule has 0 atom stereocenters. The standard InChI is InChI=1S/C21H30OS/c1-16(13-15-22)9-12-20(23-6)18(3)10-11-19-17(2)8-7-14-21(19,4)5/h9-13,15H,7-8,14H2,1-6H3/b11-10+,12-9+,16-13+,20-18-. The van der Waals surface area contributed by atoms with Crippen LogP contribution in [0, 0.1) is 5.41 Å². The van der Waals surface area contributed by atoms with Crippen LogP contribution in [0.1, 0.15) is 53.9 Å². The van der Waals surface area contributed by atoms with Gasteiger partial charge in [0.15, 0.2) is 0 Å². The second-order valence-corrected chi connectivity index (χ2v) is 7.74. The second-order valence-electron chi connectivity index (χ2n) is 6.90. The molecule has 0 aliphatic heterocycles. The minimum absolute atomic E-state index is 0.276. The Hall–Kier alpha value is -1.28. The van der Waals surface area contributed by atoms with Crippen LogP contribution < -0.4 is 0 Å². The van der Waals surface area contributed by atoms with Crippen LogP contribution in [0.4, 0.5) is 0 Å². The van der Waals surface area contributed by atoms with E-state index in [4.69, 9.17) is 0 Å². The van der Waals surface area contributed by atoms with Crippen molar-refractivity contribution in [1.29, 1.82) is 0 Å². The fourth-order valence-electron chi connectivity index (χ4n) is 3.03. The van der Waals surface area contributed by atoms with Crippen molar-refractivity contribution in [2.45, 2.75) is 53.9 Å². The molecule has 0 radical (unpaired) electrons. The molecule has 0 N–H and O–H groups in total. The molecule has 23 heavy (non-hydrogen) atoms. The largest absolute Gasteiger partial charge is 0.299 e. The van der Waals surface area contributed by atoms with Crippen LogP contribution in [0.3, 0.4) is 0 Å². The van der Waals surface area contributed by atoms with E-state index in [1.54, 1.807) is 17.8 Å². The Labute approximate surface area is 146 Å². The number of thioether (sulfide) groups is 1. The van der Waals surface area contributed by atoms with E-state index in [1.807, 2.05) is 13.0 Å². The summed E-state index contributed by atoms with van der Waals surface area (Å²) in [5, 5.41) is 0. The minimum Gasteiger partial charge on any atom is -0.299 e. The minimum atomic E-state index is 0.276. The van der Waals surface area contributed by atoms with Crippen LogP contribution in [0.2, 0.25) is 0 Å². The Morgan fingerprint density at radius 2 is 1.87 bits per heavy atom. The molecule has 0 spiro atoms. The SMILES string of the molecule is CSC(/C=C/C(C)=C/C=O)=C(C)\C=C\C1=C(C)CCCC1(C)C. The van der Waals surface area contributed by atoms with Crippen LogP contribution in [0.25, 0.3) is 0 Å². The highest BCUT2D eigenvalue weighted by molar-refractivity contribution is 8.02. The van der Waals surface area contributed by atoms with Crippen LogP contribution in [-0.2, 0) is 4.79 Å². The van der Waals surface area contributed by atoms with Gasteiger partial charge in [-0.15, -0.1) is 11.8 Å². The molecule has 0 aromatic heterocycles. The summed E-state index contributed by atoms with van der Waals surface area (Å²) in [7, 11) is 0. The Bertz CT molecular complexity index is 583. The van der Waals surface area contributed by atoms with Gasteiger partial charge in [-0.2, -0.15) is 0 Å². The van der Waals surface area contributed by atoms with Gasteiger partial charge in [-0.25, -0.2) is 0 Å². The maximum Gasteiger partial charge on any atom is 0.143 e. The first kappa shape index (κ1) is 19.8. The van der Waals surface area contributed by atoms with Gasteiger partial charge < -0.3 is 0 Å². The maximum atomic E-state index is 10.5. The summed E-state index contributed by atoms with van der Waals surface area (Å²) in [6, 6.07) is 0. The molecule has 1 aliphatic rings. The number of carbonyl (C=O) groups excluding carboxylic acids is 1. The van der Waals surface area contributed by atoms with E-state index in [9.17, 15) is 4.79 Å². The first-order valence-corrected chi connectivity index (χ1v) is 9.47. The number of allylic oxidation sites excluding steroid dienone is 9. The van der Waals surface area contributed by atoms with E-state index in [1.165, 1.54) is 40.9 Å². The predicted molar refractivity (Wildman–Crippen MR) is 105 cm³/mol. The second kappa shape index (κ2) is 9.12. The number of rotatable bonds is 6. The van der Waals surface area contributed by atoms with E-state index in [2.05, 4.69) is 52.2 Å². The molecule has 1 rings (SSSR count). The lowest BCUT2D eigenvalue weighted by molar-refractivity contribution is -0.104. The fraction of sp³-hybridized carbons (Fsp3) is 0.476. The van der Waals surface area contributed by atoms with Gasteiger partial charge in [0.2, 0.25) is 0 Å². The number of hydrogen-bond donors (Lipinski definition) is 0. The number of carbonyl (C=O) groups is 1. The molecule has 0 fully saturated rings. The van der Waals surface area contributed by atoms with Crippen LogP contribution in [0.15, 0.2) is 57.6 Å².